The van der Waals surface area contributed by atoms with E-state index in [4.69, 9.17) is 0 Å². The van der Waals surface area contributed by atoms with Gasteiger partial charge in [0.05, 0.1) is 0 Å². The molecule has 0 fully saturated rings. The third-order valence-electron chi connectivity index (χ3n) is 3.30. The summed E-state index contributed by atoms with van der Waals surface area (Å²) in [7, 11) is 0. The highest BCUT2D eigenvalue weighted by Crippen LogP contribution is 2.18. The zero-order chi connectivity index (χ0) is 13.8. The summed E-state index contributed by atoms with van der Waals surface area (Å²) in [6.45, 7) is 10.2. The van der Waals surface area contributed by atoms with Gasteiger partial charge in [-0.05, 0) is 50.3 Å². The third-order valence-corrected chi connectivity index (χ3v) is 3.30. The minimum Gasteiger partial charge on any atom is -0.378 e. The first-order valence-electron chi connectivity index (χ1n) is 6.67. The smallest absolute Gasteiger partial charge is 0.123 e. The quantitative estimate of drug-likeness (QED) is 0.801. The first-order chi connectivity index (χ1) is 8.34. The summed E-state index contributed by atoms with van der Waals surface area (Å²) in [4.78, 5) is 0. The monoisotopic (exact) mass is 244 g/mol. The van der Waals surface area contributed by atoms with Crippen LogP contribution in [0.2, 0.25) is 0 Å². The Labute approximate surface area is 111 Å². The average Bonchev–Trinajstić information content (AvgIpc) is 2.30. The number of hydrogen-bond donors (Lipinski definition) is 1. The van der Waals surface area contributed by atoms with Crippen LogP contribution in [-0.2, 0) is 0 Å². The van der Waals surface area contributed by atoms with Gasteiger partial charge in [0.2, 0.25) is 0 Å². The Morgan fingerprint density at radius 2 is 2.00 bits per heavy atom. The third kappa shape index (κ3) is 4.55. The summed E-state index contributed by atoms with van der Waals surface area (Å²) in [5.41, 5.74) is 2.48. The van der Waals surface area contributed by atoms with Crippen LogP contribution in [0, 0.1) is 31.6 Å². The molecule has 1 nitrogen and oxygen atoms in total. The number of aliphatic hydroxyl groups is 1. The Balaban J connectivity index is 2.89. The summed E-state index contributed by atoms with van der Waals surface area (Å²) in [6.07, 6.45) is 1.79. The fourth-order valence-electron chi connectivity index (χ4n) is 1.95. The minimum atomic E-state index is -0.897. The fraction of sp³-hybridized carbons (Fsp3) is 0.529. The molecular formula is C17H24O. The van der Waals surface area contributed by atoms with Gasteiger partial charge in [0, 0.05) is 5.56 Å². The van der Waals surface area contributed by atoms with Gasteiger partial charge in [0.15, 0.2) is 0 Å². The summed E-state index contributed by atoms with van der Waals surface area (Å²) in [6, 6.07) is 6.22. The number of hydrogen-bond acceptors (Lipinski definition) is 1. The molecule has 0 saturated heterocycles. The van der Waals surface area contributed by atoms with Gasteiger partial charge in [0.25, 0.3) is 0 Å². The van der Waals surface area contributed by atoms with Gasteiger partial charge in [0.1, 0.15) is 5.60 Å². The molecule has 0 aliphatic rings. The van der Waals surface area contributed by atoms with Crippen molar-refractivity contribution in [2.45, 2.75) is 53.1 Å². The van der Waals surface area contributed by atoms with Crippen molar-refractivity contribution in [2.75, 3.05) is 0 Å². The van der Waals surface area contributed by atoms with Crippen LogP contribution in [-0.4, -0.2) is 10.7 Å². The van der Waals surface area contributed by atoms with E-state index in [2.05, 4.69) is 50.8 Å². The maximum atomic E-state index is 10.3. The van der Waals surface area contributed by atoms with E-state index < -0.39 is 5.60 Å². The summed E-state index contributed by atoms with van der Waals surface area (Å²) >= 11 is 0. The Kier molecular flexibility index (Phi) is 4.99. The zero-order valence-corrected chi connectivity index (χ0v) is 12.2. The maximum Gasteiger partial charge on any atom is 0.123 e. The van der Waals surface area contributed by atoms with E-state index in [-0.39, 0.29) is 0 Å². The lowest BCUT2D eigenvalue weighted by molar-refractivity contribution is 0.0939. The predicted molar refractivity (Wildman–Crippen MR) is 77.5 cm³/mol. The highest BCUT2D eigenvalue weighted by Gasteiger charge is 2.19. The average molecular weight is 244 g/mol. The van der Waals surface area contributed by atoms with Crippen molar-refractivity contribution >= 4 is 0 Å². The lowest BCUT2D eigenvalue weighted by Crippen LogP contribution is -2.24. The van der Waals surface area contributed by atoms with Crippen LogP contribution in [0.15, 0.2) is 18.2 Å². The topological polar surface area (TPSA) is 20.2 Å². The second-order valence-corrected chi connectivity index (χ2v) is 5.56. The highest BCUT2D eigenvalue weighted by atomic mass is 16.3. The van der Waals surface area contributed by atoms with Gasteiger partial charge in [-0.1, -0.05) is 44.2 Å². The second-order valence-electron chi connectivity index (χ2n) is 5.56. The van der Waals surface area contributed by atoms with Crippen LogP contribution >= 0.6 is 0 Å². The summed E-state index contributed by atoms with van der Waals surface area (Å²) in [5, 5.41) is 10.3. The lowest BCUT2D eigenvalue weighted by atomic mass is 9.91. The molecule has 0 radical (unpaired) electrons. The zero-order valence-electron chi connectivity index (χ0n) is 12.2. The van der Waals surface area contributed by atoms with E-state index in [1.807, 2.05) is 6.92 Å². The molecule has 0 aliphatic carbocycles. The van der Waals surface area contributed by atoms with Crippen LogP contribution in [0.1, 0.15) is 50.3 Å². The number of benzene rings is 1. The lowest BCUT2D eigenvalue weighted by Gasteiger charge is -2.20. The highest BCUT2D eigenvalue weighted by molar-refractivity contribution is 5.43. The molecule has 1 heteroatoms. The molecule has 1 aromatic carbocycles. The van der Waals surface area contributed by atoms with Crippen LogP contribution in [0.5, 0.6) is 0 Å². The van der Waals surface area contributed by atoms with Crippen LogP contribution in [0.3, 0.4) is 0 Å². The van der Waals surface area contributed by atoms with E-state index >= 15 is 0 Å². The molecule has 0 saturated carbocycles. The predicted octanol–water partition coefficient (Wildman–Crippen LogP) is 3.84. The number of aryl methyl sites for hydroxylation is 2. The number of rotatable bonds is 3. The first kappa shape index (κ1) is 14.8. The Bertz CT molecular complexity index is 460. The minimum absolute atomic E-state index is 0.493. The van der Waals surface area contributed by atoms with Gasteiger partial charge in [-0.3, -0.25) is 0 Å². The molecule has 98 valence electrons. The van der Waals surface area contributed by atoms with Crippen molar-refractivity contribution in [1.29, 1.82) is 0 Å². The molecule has 1 N–H and O–H groups in total. The van der Waals surface area contributed by atoms with Gasteiger partial charge in [-0.25, -0.2) is 0 Å². The van der Waals surface area contributed by atoms with Gasteiger partial charge in [-0.2, -0.15) is 0 Å². The molecule has 0 aliphatic heterocycles. The van der Waals surface area contributed by atoms with Crippen LogP contribution in [0.25, 0.3) is 0 Å². The van der Waals surface area contributed by atoms with E-state index in [1.165, 1.54) is 5.56 Å². The Morgan fingerprint density at radius 3 is 2.61 bits per heavy atom. The SMILES string of the molecule is CCC(C)CC(C)(O)C#Cc1cc(C)ccc1C. The van der Waals surface area contributed by atoms with Crippen molar-refractivity contribution in [3.8, 4) is 11.8 Å². The maximum absolute atomic E-state index is 10.3. The molecular weight excluding hydrogens is 220 g/mol. The van der Waals surface area contributed by atoms with E-state index in [0.29, 0.717) is 5.92 Å². The first-order valence-corrected chi connectivity index (χ1v) is 6.67. The molecule has 0 bridgehead atoms. The molecule has 18 heavy (non-hydrogen) atoms. The fourth-order valence-corrected chi connectivity index (χ4v) is 1.95. The molecule has 0 heterocycles. The van der Waals surface area contributed by atoms with Crippen molar-refractivity contribution in [2.24, 2.45) is 5.92 Å². The van der Waals surface area contributed by atoms with Gasteiger partial charge < -0.3 is 5.11 Å². The van der Waals surface area contributed by atoms with Gasteiger partial charge in [-0.15, -0.1) is 0 Å². The van der Waals surface area contributed by atoms with Gasteiger partial charge >= 0.3 is 0 Å². The largest absolute Gasteiger partial charge is 0.378 e. The molecule has 0 aromatic heterocycles. The Morgan fingerprint density at radius 1 is 1.33 bits per heavy atom. The van der Waals surface area contributed by atoms with Crippen molar-refractivity contribution in [1.82, 2.24) is 0 Å². The van der Waals surface area contributed by atoms with Crippen molar-refractivity contribution in [3.63, 3.8) is 0 Å². The molecule has 1 aromatic rings. The van der Waals surface area contributed by atoms with E-state index in [0.717, 1.165) is 24.0 Å². The molecule has 1 rings (SSSR count). The molecule has 0 spiro atoms. The standard InChI is InChI=1S/C17H24O/c1-6-13(2)12-17(5,18)10-9-16-11-14(3)7-8-15(16)4/h7-8,11,13,18H,6,12H2,1-5H3. The summed E-state index contributed by atoms with van der Waals surface area (Å²) in [5.74, 6) is 6.63. The molecule has 2 unspecified atom stereocenters. The second kappa shape index (κ2) is 6.07. The van der Waals surface area contributed by atoms with Crippen LogP contribution in [0.4, 0.5) is 0 Å². The summed E-state index contributed by atoms with van der Waals surface area (Å²) < 4.78 is 0. The molecule has 0 amide bonds. The Hall–Kier alpha value is -1.26. The van der Waals surface area contributed by atoms with E-state index in [9.17, 15) is 5.11 Å². The van der Waals surface area contributed by atoms with Crippen molar-refractivity contribution in [3.05, 3.63) is 34.9 Å². The molecule has 2 atom stereocenters. The van der Waals surface area contributed by atoms with E-state index in [1.54, 1.807) is 6.92 Å². The normalized spacial score (nSPS) is 15.4. The van der Waals surface area contributed by atoms with Crippen LogP contribution < -0.4 is 0 Å². The van der Waals surface area contributed by atoms with Crippen molar-refractivity contribution < 1.29 is 5.11 Å².